The Morgan fingerprint density at radius 1 is 1.25 bits per heavy atom. The molecule has 0 amide bonds. The predicted octanol–water partition coefficient (Wildman–Crippen LogP) is 1.01. The monoisotopic (exact) mass is 300 g/mol. The number of hydrogen-bond acceptors (Lipinski definition) is 5. The van der Waals surface area contributed by atoms with Gasteiger partial charge in [-0.3, -0.25) is 0 Å². The molecule has 6 heteroatoms. The number of sulfone groups is 1. The highest BCUT2D eigenvalue weighted by Crippen LogP contribution is 2.16. The Morgan fingerprint density at radius 2 is 2.00 bits per heavy atom. The van der Waals surface area contributed by atoms with Crippen molar-refractivity contribution < 1.29 is 13.2 Å². The summed E-state index contributed by atoms with van der Waals surface area (Å²) in [6, 6.07) is 6.58. The Kier molecular flexibility index (Phi) is 6.98. The van der Waals surface area contributed by atoms with Crippen molar-refractivity contribution >= 4 is 9.84 Å². The third-order valence-electron chi connectivity index (χ3n) is 2.74. The molecule has 0 spiro atoms. The summed E-state index contributed by atoms with van der Waals surface area (Å²) in [5, 5.41) is 3.29. The summed E-state index contributed by atoms with van der Waals surface area (Å²) in [6.07, 6.45) is 2.29. The molecule has 0 bridgehead atoms. The zero-order valence-electron chi connectivity index (χ0n) is 12.4. The van der Waals surface area contributed by atoms with Gasteiger partial charge in [-0.25, -0.2) is 8.42 Å². The molecule has 0 saturated heterocycles. The summed E-state index contributed by atoms with van der Waals surface area (Å²) in [4.78, 5) is 2.43. The van der Waals surface area contributed by atoms with Crippen molar-refractivity contribution in [3.05, 3.63) is 24.3 Å². The molecule has 0 aliphatic heterocycles. The van der Waals surface area contributed by atoms with E-state index in [2.05, 4.69) is 24.3 Å². The van der Waals surface area contributed by atoms with E-state index in [1.165, 1.54) is 6.26 Å². The third kappa shape index (κ3) is 6.88. The van der Waals surface area contributed by atoms with Gasteiger partial charge in [0.15, 0.2) is 9.84 Å². The number of hydrogen-bond donors (Lipinski definition) is 1. The second-order valence-electron chi connectivity index (χ2n) is 5.00. The Labute approximate surface area is 121 Å². The van der Waals surface area contributed by atoms with E-state index in [1.54, 1.807) is 24.3 Å². The Morgan fingerprint density at radius 3 is 2.65 bits per heavy atom. The van der Waals surface area contributed by atoms with Crippen LogP contribution < -0.4 is 10.1 Å². The topological polar surface area (TPSA) is 58.6 Å². The van der Waals surface area contributed by atoms with Gasteiger partial charge >= 0.3 is 0 Å². The summed E-state index contributed by atoms with van der Waals surface area (Å²) in [5.74, 6) is 0.586. The van der Waals surface area contributed by atoms with Crippen LogP contribution in [-0.4, -0.2) is 59.9 Å². The first kappa shape index (κ1) is 16.9. The van der Waals surface area contributed by atoms with E-state index in [0.29, 0.717) is 12.4 Å². The summed E-state index contributed by atoms with van der Waals surface area (Å²) in [7, 11) is 0.931. The van der Waals surface area contributed by atoms with Crippen molar-refractivity contribution in [2.24, 2.45) is 0 Å². The van der Waals surface area contributed by atoms with Gasteiger partial charge in [-0.05, 0) is 51.8 Å². The van der Waals surface area contributed by atoms with Crippen molar-refractivity contribution in [3.63, 3.8) is 0 Å². The maximum atomic E-state index is 11.4. The molecule has 0 saturated carbocycles. The maximum Gasteiger partial charge on any atom is 0.175 e. The van der Waals surface area contributed by atoms with E-state index in [-0.39, 0.29) is 4.90 Å². The molecule has 114 valence electrons. The fourth-order valence-corrected chi connectivity index (χ4v) is 2.34. The third-order valence-corrected chi connectivity index (χ3v) is 3.85. The maximum absolute atomic E-state index is 11.4. The lowest BCUT2D eigenvalue weighted by molar-refractivity contribution is 0.310. The Balaban J connectivity index is 2.26. The molecule has 1 N–H and O–H groups in total. The largest absolute Gasteiger partial charge is 0.492 e. The van der Waals surface area contributed by atoms with Gasteiger partial charge in [0.2, 0.25) is 0 Å². The van der Waals surface area contributed by atoms with Crippen molar-refractivity contribution in [2.45, 2.75) is 11.3 Å². The Hall–Kier alpha value is -1.11. The molecule has 1 rings (SSSR count). The molecule has 0 aliphatic carbocycles. The van der Waals surface area contributed by atoms with Crippen LogP contribution in [0, 0.1) is 0 Å². The van der Waals surface area contributed by atoms with Crippen LogP contribution in [0.2, 0.25) is 0 Å². The summed E-state index contributed by atoms with van der Waals surface area (Å²) in [6.45, 7) is 3.28. The highest BCUT2D eigenvalue weighted by atomic mass is 32.2. The summed E-state index contributed by atoms with van der Waals surface area (Å²) in [5.41, 5.74) is 0. The van der Waals surface area contributed by atoms with Gasteiger partial charge in [-0.15, -0.1) is 0 Å². The molecule has 0 unspecified atom stereocenters. The lowest BCUT2D eigenvalue weighted by Crippen LogP contribution is -2.25. The molecule has 5 nitrogen and oxygen atoms in total. The summed E-state index contributed by atoms with van der Waals surface area (Å²) < 4.78 is 28.4. The Bertz CT molecular complexity index is 501. The second-order valence-corrected chi connectivity index (χ2v) is 7.02. The molecule has 0 atom stereocenters. The second kappa shape index (κ2) is 8.24. The number of benzene rings is 1. The fourth-order valence-electron chi connectivity index (χ4n) is 1.68. The molecular weight excluding hydrogens is 276 g/mol. The van der Waals surface area contributed by atoms with E-state index in [1.807, 2.05) is 0 Å². The lowest BCUT2D eigenvalue weighted by Gasteiger charge is -2.10. The van der Waals surface area contributed by atoms with Gasteiger partial charge in [-0.1, -0.05) is 6.07 Å². The van der Waals surface area contributed by atoms with E-state index in [9.17, 15) is 8.42 Å². The smallest absolute Gasteiger partial charge is 0.175 e. The molecule has 0 aliphatic rings. The average Bonchev–Trinajstić information content (AvgIpc) is 2.36. The minimum Gasteiger partial charge on any atom is -0.492 e. The number of nitrogens with zero attached hydrogens (tertiary/aromatic N) is 1. The van der Waals surface area contributed by atoms with Gasteiger partial charge in [0, 0.05) is 12.8 Å². The molecule has 0 radical (unpaired) electrons. The molecule has 0 fully saturated rings. The highest BCUT2D eigenvalue weighted by molar-refractivity contribution is 7.90. The van der Waals surface area contributed by atoms with E-state index >= 15 is 0 Å². The van der Waals surface area contributed by atoms with E-state index in [4.69, 9.17) is 4.74 Å². The zero-order chi connectivity index (χ0) is 15.0. The van der Waals surface area contributed by atoms with Crippen LogP contribution in [0.15, 0.2) is 29.2 Å². The van der Waals surface area contributed by atoms with Gasteiger partial charge in [0.05, 0.1) is 4.90 Å². The quantitative estimate of drug-likeness (QED) is 0.690. The fraction of sp³-hybridized carbons (Fsp3) is 0.571. The zero-order valence-corrected chi connectivity index (χ0v) is 13.2. The van der Waals surface area contributed by atoms with Crippen LogP contribution in [-0.2, 0) is 9.84 Å². The number of rotatable bonds is 9. The van der Waals surface area contributed by atoms with Crippen LogP contribution in [0.5, 0.6) is 5.75 Å². The van der Waals surface area contributed by atoms with Gasteiger partial charge in [-0.2, -0.15) is 0 Å². The SMILES string of the molecule is CN(C)CCCNCCOc1cccc(S(C)(=O)=O)c1. The van der Waals surface area contributed by atoms with Crippen LogP contribution in [0.3, 0.4) is 0 Å². The average molecular weight is 300 g/mol. The van der Waals surface area contributed by atoms with Gasteiger partial charge < -0.3 is 15.0 Å². The van der Waals surface area contributed by atoms with Crippen LogP contribution >= 0.6 is 0 Å². The van der Waals surface area contributed by atoms with Crippen molar-refractivity contribution in [1.29, 1.82) is 0 Å². The van der Waals surface area contributed by atoms with Gasteiger partial charge in [0.25, 0.3) is 0 Å². The molecule has 1 aromatic carbocycles. The lowest BCUT2D eigenvalue weighted by atomic mass is 10.3. The predicted molar refractivity (Wildman–Crippen MR) is 81.1 cm³/mol. The van der Waals surface area contributed by atoms with Crippen molar-refractivity contribution in [1.82, 2.24) is 10.2 Å². The highest BCUT2D eigenvalue weighted by Gasteiger charge is 2.07. The molecule has 20 heavy (non-hydrogen) atoms. The van der Waals surface area contributed by atoms with Crippen molar-refractivity contribution in [2.75, 3.05) is 46.6 Å². The summed E-state index contributed by atoms with van der Waals surface area (Å²) >= 11 is 0. The first-order valence-corrected chi connectivity index (χ1v) is 8.57. The normalized spacial score (nSPS) is 11.8. The van der Waals surface area contributed by atoms with Crippen molar-refractivity contribution in [3.8, 4) is 5.75 Å². The number of ether oxygens (including phenoxy) is 1. The number of nitrogens with one attached hydrogen (secondary N) is 1. The van der Waals surface area contributed by atoms with Crippen LogP contribution in [0.1, 0.15) is 6.42 Å². The molecular formula is C14H24N2O3S. The first-order valence-electron chi connectivity index (χ1n) is 6.68. The van der Waals surface area contributed by atoms with Crippen LogP contribution in [0.4, 0.5) is 0 Å². The minimum absolute atomic E-state index is 0.286. The molecule has 0 heterocycles. The van der Waals surface area contributed by atoms with Crippen LogP contribution in [0.25, 0.3) is 0 Å². The molecule has 1 aromatic rings. The van der Waals surface area contributed by atoms with Gasteiger partial charge in [0.1, 0.15) is 12.4 Å². The minimum atomic E-state index is -3.18. The van der Waals surface area contributed by atoms with E-state index in [0.717, 1.165) is 26.1 Å². The standard InChI is InChI=1S/C14H24N2O3S/c1-16(2)10-5-8-15-9-11-19-13-6-4-7-14(12-13)20(3,17)18/h4,6-7,12,15H,5,8-11H2,1-3H3. The molecule has 0 aromatic heterocycles. The van der Waals surface area contributed by atoms with E-state index < -0.39 is 9.84 Å². The first-order chi connectivity index (χ1) is 9.39.